The zero-order valence-corrected chi connectivity index (χ0v) is 10.1. The van der Waals surface area contributed by atoms with E-state index in [4.69, 9.17) is 16.2 Å². The van der Waals surface area contributed by atoms with Gasteiger partial charge in [0, 0.05) is 0 Å². The van der Waals surface area contributed by atoms with Gasteiger partial charge in [0.15, 0.2) is 5.96 Å². The van der Waals surface area contributed by atoms with Gasteiger partial charge < -0.3 is 16.2 Å². The van der Waals surface area contributed by atoms with Gasteiger partial charge in [-0.1, -0.05) is 6.07 Å². The van der Waals surface area contributed by atoms with Crippen LogP contribution in [0.25, 0.3) is 0 Å². The van der Waals surface area contributed by atoms with Crippen LogP contribution in [0.4, 0.5) is 0 Å². The van der Waals surface area contributed by atoms with Gasteiger partial charge in [-0.2, -0.15) is 0 Å². The average molecular weight is 221 g/mol. The van der Waals surface area contributed by atoms with Crippen molar-refractivity contribution in [2.24, 2.45) is 16.5 Å². The Morgan fingerprint density at radius 3 is 2.38 bits per heavy atom. The second-order valence-electron chi connectivity index (χ2n) is 3.86. The van der Waals surface area contributed by atoms with Crippen molar-refractivity contribution in [3.63, 3.8) is 0 Å². The van der Waals surface area contributed by atoms with E-state index in [-0.39, 0.29) is 5.96 Å². The van der Waals surface area contributed by atoms with Crippen LogP contribution in [-0.4, -0.2) is 19.1 Å². The minimum atomic E-state index is 0.0976. The van der Waals surface area contributed by atoms with Crippen LogP contribution in [0.2, 0.25) is 0 Å². The van der Waals surface area contributed by atoms with Gasteiger partial charge in [-0.25, -0.2) is 0 Å². The molecular formula is C12H19N3O. The normalized spacial score (nSPS) is 9.94. The predicted octanol–water partition coefficient (Wildman–Crippen LogP) is 1.26. The minimum absolute atomic E-state index is 0.0976. The molecule has 0 unspecified atom stereocenters. The Hall–Kier alpha value is -1.71. The Labute approximate surface area is 96.3 Å². The molecule has 0 fully saturated rings. The van der Waals surface area contributed by atoms with E-state index >= 15 is 0 Å². The van der Waals surface area contributed by atoms with E-state index in [2.05, 4.69) is 24.9 Å². The van der Waals surface area contributed by atoms with E-state index < -0.39 is 0 Å². The van der Waals surface area contributed by atoms with Crippen LogP contribution in [-0.2, 0) is 0 Å². The highest BCUT2D eigenvalue weighted by Crippen LogP contribution is 2.22. The van der Waals surface area contributed by atoms with Gasteiger partial charge in [-0.05, 0) is 43.5 Å². The van der Waals surface area contributed by atoms with Crippen molar-refractivity contribution in [1.82, 2.24) is 0 Å². The number of hydrogen-bond donors (Lipinski definition) is 2. The van der Waals surface area contributed by atoms with Crippen molar-refractivity contribution in [3.05, 3.63) is 28.8 Å². The molecule has 88 valence electrons. The molecule has 0 aliphatic rings. The molecular weight excluding hydrogens is 202 g/mol. The number of benzene rings is 1. The van der Waals surface area contributed by atoms with Crippen molar-refractivity contribution < 1.29 is 4.74 Å². The molecule has 0 radical (unpaired) electrons. The SMILES string of the molecule is Cc1cc(C)c(OCCN=C(N)N)cc1C. The highest BCUT2D eigenvalue weighted by molar-refractivity contribution is 5.75. The van der Waals surface area contributed by atoms with E-state index in [9.17, 15) is 0 Å². The first kappa shape index (κ1) is 12.4. The molecule has 0 aliphatic heterocycles. The Balaban J connectivity index is 2.61. The largest absolute Gasteiger partial charge is 0.491 e. The number of hydrogen-bond acceptors (Lipinski definition) is 2. The number of aliphatic imine (C=N–C) groups is 1. The highest BCUT2D eigenvalue weighted by Gasteiger charge is 2.02. The van der Waals surface area contributed by atoms with Crippen molar-refractivity contribution in [3.8, 4) is 5.75 Å². The number of nitrogens with zero attached hydrogens (tertiary/aromatic N) is 1. The zero-order valence-electron chi connectivity index (χ0n) is 10.1. The molecule has 0 saturated heterocycles. The van der Waals surface area contributed by atoms with E-state index in [0.717, 1.165) is 11.3 Å². The van der Waals surface area contributed by atoms with Gasteiger partial charge in [-0.15, -0.1) is 0 Å². The lowest BCUT2D eigenvalue weighted by Gasteiger charge is -2.10. The van der Waals surface area contributed by atoms with Gasteiger partial charge >= 0.3 is 0 Å². The van der Waals surface area contributed by atoms with Gasteiger partial charge in [0.1, 0.15) is 12.4 Å². The fourth-order valence-corrected chi connectivity index (χ4v) is 1.42. The van der Waals surface area contributed by atoms with Crippen LogP contribution in [0.1, 0.15) is 16.7 Å². The molecule has 4 N–H and O–H groups in total. The van der Waals surface area contributed by atoms with E-state index in [1.807, 2.05) is 13.0 Å². The summed E-state index contributed by atoms with van der Waals surface area (Å²) in [7, 11) is 0. The summed E-state index contributed by atoms with van der Waals surface area (Å²) in [6, 6.07) is 4.16. The van der Waals surface area contributed by atoms with Gasteiger partial charge in [0.05, 0.1) is 6.54 Å². The second-order valence-corrected chi connectivity index (χ2v) is 3.86. The average Bonchev–Trinajstić information content (AvgIpc) is 2.19. The molecule has 0 aliphatic carbocycles. The third kappa shape index (κ3) is 3.46. The molecule has 0 spiro atoms. The molecule has 0 amide bonds. The number of nitrogens with two attached hydrogens (primary N) is 2. The molecule has 4 nitrogen and oxygen atoms in total. The molecule has 0 saturated carbocycles. The van der Waals surface area contributed by atoms with Crippen LogP contribution >= 0.6 is 0 Å². The second kappa shape index (κ2) is 5.39. The highest BCUT2D eigenvalue weighted by atomic mass is 16.5. The van der Waals surface area contributed by atoms with Crippen molar-refractivity contribution in [1.29, 1.82) is 0 Å². The summed E-state index contributed by atoms with van der Waals surface area (Å²) in [6.45, 7) is 7.15. The first-order valence-corrected chi connectivity index (χ1v) is 5.26. The monoisotopic (exact) mass is 221 g/mol. The van der Waals surface area contributed by atoms with E-state index in [0.29, 0.717) is 13.2 Å². The van der Waals surface area contributed by atoms with Crippen LogP contribution in [0.15, 0.2) is 17.1 Å². The van der Waals surface area contributed by atoms with Gasteiger partial charge in [0.2, 0.25) is 0 Å². The number of aryl methyl sites for hydroxylation is 3. The van der Waals surface area contributed by atoms with E-state index in [1.165, 1.54) is 11.1 Å². The van der Waals surface area contributed by atoms with Crippen molar-refractivity contribution >= 4 is 5.96 Å². The van der Waals surface area contributed by atoms with Gasteiger partial charge in [0.25, 0.3) is 0 Å². The molecule has 16 heavy (non-hydrogen) atoms. The Morgan fingerprint density at radius 2 is 1.75 bits per heavy atom. The molecule has 0 aromatic heterocycles. The van der Waals surface area contributed by atoms with E-state index in [1.54, 1.807) is 0 Å². The number of ether oxygens (including phenoxy) is 1. The number of guanidine groups is 1. The molecule has 1 rings (SSSR count). The maximum Gasteiger partial charge on any atom is 0.186 e. The summed E-state index contributed by atoms with van der Waals surface area (Å²) < 4.78 is 5.60. The predicted molar refractivity (Wildman–Crippen MR) is 66.8 cm³/mol. The summed E-state index contributed by atoms with van der Waals surface area (Å²) in [5.74, 6) is 0.995. The van der Waals surface area contributed by atoms with Crippen LogP contribution < -0.4 is 16.2 Å². The minimum Gasteiger partial charge on any atom is -0.491 e. The Kier molecular flexibility index (Phi) is 4.17. The van der Waals surface area contributed by atoms with Crippen LogP contribution in [0.5, 0.6) is 5.75 Å². The fraction of sp³-hybridized carbons (Fsp3) is 0.417. The third-order valence-electron chi connectivity index (χ3n) is 2.43. The third-order valence-corrected chi connectivity index (χ3v) is 2.43. The van der Waals surface area contributed by atoms with Crippen LogP contribution in [0.3, 0.4) is 0 Å². The summed E-state index contributed by atoms with van der Waals surface area (Å²) in [5.41, 5.74) is 14.1. The smallest absolute Gasteiger partial charge is 0.186 e. The van der Waals surface area contributed by atoms with Crippen molar-refractivity contribution in [2.45, 2.75) is 20.8 Å². The Morgan fingerprint density at radius 1 is 1.12 bits per heavy atom. The molecule has 1 aromatic carbocycles. The van der Waals surface area contributed by atoms with Crippen molar-refractivity contribution in [2.75, 3.05) is 13.2 Å². The standard InChI is InChI=1S/C12H19N3O/c1-8-6-10(3)11(7-9(8)2)16-5-4-15-12(13)14/h6-7H,4-5H2,1-3H3,(H4,13,14,15). The topological polar surface area (TPSA) is 73.6 Å². The van der Waals surface area contributed by atoms with Gasteiger partial charge in [-0.3, -0.25) is 4.99 Å². The molecule has 0 heterocycles. The first-order chi connectivity index (χ1) is 7.50. The summed E-state index contributed by atoms with van der Waals surface area (Å²) >= 11 is 0. The van der Waals surface area contributed by atoms with Crippen LogP contribution in [0, 0.1) is 20.8 Å². The summed E-state index contributed by atoms with van der Waals surface area (Å²) in [5, 5.41) is 0. The Bertz CT molecular complexity index is 395. The maximum absolute atomic E-state index is 5.60. The maximum atomic E-state index is 5.60. The molecule has 4 heteroatoms. The molecule has 0 atom stereocenters. The molecule has 1 aromatic rings. The fourth-order valence-electron chi connectivity index (χ4n) is 1.42. The lowest BCUT2D eigenvalue weighted by molar-refractivity contribution is 0.326. The lowest BCUT2D eigenvalue weighted by Crippen LogP contribution is -2.23. The zero-order chi connectivity index (χ0) is 12.1. The quantitative estimate of drug-likeness (QED) is 0.457. The first-order valence-electron chi connectivity index (χ1n) is 5.26. The molecule has 0 bridgehead atoms. The lowest BCUT2D eigenvalue weighted by atomic mass is 10.1. The number of rotatable bonds is 4. The summed E-state index contributed by atoms with van der Waals surface area (Å²) in [4.78, 5) is 3.86. The summed E-state index contributed by atoms with van der Waals surface area (Å²) in [6.07, 6.45) is 0.